The monoisotopic (exact) mass is 472 g/mol. The Bertz CT molecular complexity index is 838. The number of nitrogens with zero attached hydrogens (tertiary/aromatic N) is 2. The van der Waals surface area contributed by atoms with Gasteiger partial charge in [0.05, 0.1) is 24.5 Å². The smallest absolute Gasteiger partial charge is 0.186 e. The highest BCUT2D eigenvalue weighted by Gasteiger charge is 2.66. The second-order valence-electron chi connectivity index (χ2n) is 11.6. The minimum Gasteiger partial charge on any atom is -0.394 e. The van der Waals surface area contributed by atoms with Crippen molar-refractivity contribution < 1.29 is 15.1 Å². The van der Waals surface area contributed by atoms with Crippen LogP contribution in [0.15, 0.2) is 34.5 Å². The van der Waals surface area contributed by atoms with Crippen molar-refractivity contribution in [1.29, 1.82) is 0 Å². The molecule has 0 aromatic heterocycles. The van der Waals surface area contributed by atoms with Crippen LogP contribution in [0.2, 0.25) is 0 Å². The van der Waals surface area contributed by atoms with Crippen molar-refractivity contribution >= 4 is 12.2 Å². The van der Waals surface area contributed by atoms with Crippen LogP contribution in [-0.2, 0) is 4.84 Å². The van der Waals surface area contributed by atoms with Crippen molar-refractivity contribution in [2.45, 2.75) is 83.3 Å². The molecule has 0 radical (unpaired) electrons. The van der Waals surface area contributed by atoms with Crippen molar-refractivity contribution in [3.8, 4) is 0 Å². The molecule has 6 N–H and O–H groups in total. The van der Waals surface area contributed by atoms with E-state index in [0.29, 0.717) is 36.8 Å². The molecule has 7 heteroatoms. The molecule has 0 aliphatic heterocycles. The van der Waals surface area contributed by atoms with E-state index in [9.17, 15) is 10.2 Å². The lowest BCUT2D eigenvalue weighted by Gasteiger charge is -2.63. The van der Waals surface area contributed by atoms with Gasteiger partial charge in [0.15, 0.2) is 5.96 Å². The summed E-state index contributed by atoms with van der Waals surface area (Å²) in [5, 5.41) is 26.3. The van der Waals surface area contributed by atoms with Crippen molar-refractivity contribution in [3.63, 3.8) is 0 Å². The van der Waals surface area contributed by atoms with Crippen molar-refractivity contribution in [1.82, 2.24) is 0 Å². The van der Waals surface area contributed by atoms with E-state index in [1.807, 2.05) is 12.2 Å². The number of allylic oxidation sites excluding steroid dienone is 4. The summed E-state index contributed by atoms with van der Waals surface area (Å²) < 4.78 is 0. The number of guanidine groups is 1. The van der Waals surface area contributed by atoms with Gasteiger partial charge in [-0.1, -0.05) is 37.2 Å². The number of nitrogens with two attached hydrogens (primary N) is 2. The Hall–Kier alpha value is -1.86. The molecule has 4 aliphatic rings. The summed E-state index contributed by atoms with van der Waals surface area (Å²) in [6.45, 7) is 5.52. The summed E-state index contributed by atoms with van der Waals surface area (Å²) in [6, 6.07) is 0. The van der Waals surface area contributed by atoms with Gasteiger partial charge in [0.1, 0.15) is 6.61 Å². The average Bonchev–Trinajstić information content (AvgIpc) is 3.06. The van der Waals surface area contributed by atoms with Crippen molar-refractivity contribution in [2.75, 3.05) is 13.2 Å². The number of aliphatic hydroxyl groups excluding tert-OH is 1. The molecule has 0 heterocycles. The Morgan fingerprint density at radius 1 is 1.00 bits per heavy atom. The lowest BCUT2D eigenvalue weighted by Crippen LogP contribution is -2.62. The number of hydrogen-bond donors (Lipinski definition) is 4. The van der Waals surface area contributed by atoms with Gasteiger partial charge < -0.3 is 26.5 Å². The van der Waals surface area contributed by atoms with Gasteiger partial charge in [0.25, 0.3) is 0 Å². The minimum absolute atomic E-state index is 0.0503. The van der Waals surface area contributed by atoms with Crippen LogP contribution >= 0.6 is 0 Å². The predicted octanol–water partition coefficient (Wildman–Crippen LogP) is 3.51. The summed E-state index contributed by atoms with van der Waals surface area (Å²) in [4.78, 5) is 8.92. The van der Waals surface area contributed by atoms with Gasteiger partial charge in [-0.25, -0.2) is 4.99 Å². The van der Waals surface area contributed by atoms with E-state index in [1.54, 1.807) is 6.21 Å². The number of oxime groups is 1. The van der Waals surface area contributed by atoms with E-state index < -0.39 is 5.60 Å². The zero-order valence-corrected chi connectivity index (χ0v) is 20.9. The lowest BCUT2D eigenvalue weighted by molar-refractivity contribution is -0.207. The third-order valence-corrected chi connectivity index (χ3v) is 10.2. The highest BCUT2D eigenvalue weighted by Crippen LogP contribution is 2.69. The van der Waals surface area contributed by atoms with Gasteiger partial charge in [-0.2, -0.15) is 0 Å². The fourth-order valence-electron chi connectivity index (χ4n) is 8.21. The summed E-state index contributed by atoms with van der Waals surface area (Å²) in [5.74, 6) is 2.02. The van der Waals surface area contributed by atoms with Crippen LogP contribution in [0, 0.1) is 34.5 Å². The van der Waals surface area contributed by atoms with Gasteiger partial charge in [-0.05, 0) is 93.0 Å². The van der Waals surface area contributed by atoms with Gasteiger partial charge in [0.2, 0.25) is 0 Å². The number of aliphatic hydroxyl groups is 2. The van der Waals surface area contributed by atoms with Crippen molar-refractivity contribution in [3.05, 3.63) is 24.3 Å². The first-order valence-corrected chi connectivity index (χ1v) is 13.2. The van der Waals surface area contributed by atoms with E-state index >= 15 is 0 Å². The third-order valence-electron chi connectivity index (χ3n) is 10.2. The first-order chi connectivity index (χ1) is 16.2. The zero-order chi connectivity index (χ0) is 24.4. The third kappa shape index (κ3) is 4.53. The van der Waals surface area contributed by atoms with Crippen LogP contribution in [0.4, 0.5) is 0 Å². The summed E-state index contributed by atoms with van der Waals surface area (Å²) in [7, 11) is 0. The van der Waals surface area contributed by atoms with Crippen LogP contribution < -0.4 is 11.5 Å². The topological polar surface area (TPSA) is 126 Å². The minimum atomic E-state index is -0.580. The highest BCUT2D eigenvalue weighted by atomic mass is 16.6. The molecule has 190 valence electrons. The van der Waals surface area contributed by atoms with Crippen LogP contribution in [0.5, 0.6) is 0 Å². The number of hydrogen-bond acceptors (Lipinski definition) is 5. The molecule has 4 aliphatic carbocycles. The Labute approximate surface area is 204 Å². The quantitative estimate of drug-likeness (QED) is 0.148. The largest absolute Gasteiger partial charge is 0.394 e. The van der Waals surface area contributed by atoms with E-state index in [4.69, 9.17) is 16.3 Å². The first kappa shape index (κ1) is 25.2. The Balaban J connectivity index is 1.36. The summed E-state index contributed by atoms with van der Waals surface area (Å²) in [6.07, 6.45) is 19.2. The normalized spacial score (nSPS) is 44.2. The maximum absolute atomic E-state index is 12.2. The van der Waals surface area contributed by atoms with E-state index in [1.165, 1.54) is 6.42 Å². The molecule has 4 saturated carbocycles. The Kier molecular flexibility index (Phi) is 7.44. The maximum Gasteiger partial charge on any atom is 0.186 e. The molecule has 0 amide bonds. The first-order valence-electron chi connectivity index (χ1n) is 13.2. The zero-order valence-electron chi connectivity index (χ0n) is 20.9. The lowest BCUT2D eigenvalue weighted by atomic mass is 9.43. The van der Waals surface area contributed by atoms with Crippen LogP contribution in [-0.4, -0.2) is 47.2 Å². The van der Waals surface area contributed by atoms with E-state index in [0.717, 1.165) is 51.4 Å². The number of rotatable bonds is 7. The highest BCUT2D eigenvalue weighted by molar-refractivity contribution is 5.75. The van der Waals surface area contributed by atoms with Gasteiger partial charge in [-0.15, -0.1) is 0 Å². The van der Waals surface area contributed by atoms with Crippen molar-refractivity contribution in [2.24, 2.45) is 56.1 Å². The maximum atomic E-state index is 12.2. The molecule has 0 spiro atoms. The van der Waals surface area contributed by atoms with E-state index in [2.05, 4.69) is 36.1 Å². The molecule has 0 bridgehead atoms. The fourth-order valence-corrected chi connectivity index (χ4v) is 8.21. The van der Waals surface area contributed by atoms with Crippen LogP contribution in [0.25, 0.3) is 0 Å². The molecule has 4 fully saturated rings. The SMILES string of the molecule is C[C@]12CC[C@H](O)C[C@H]1CC[C@@H]1[C@@H]2CC[C@]2(C)[C@@H](/C=C/C=C/C=N/OCCN=C(N)N)CC[C@]12O. The Morgan fingerprint density at radius 2 is 1.82 bits per heavy atom. The van der Waals surface area contributed by atoms with Gasteiger partial charge >= 0.3 is 0 Å². The molecule has 0 aromatic carbocycles. The number of aliphatic imine (C=N–C) groups is 1. The molecule has 34 heavy (non-hydrogen) atoms. The molecule has 4 rings (SSSR count). The molecule has 8 atom stereocenters. The Morgan fingerprint density at radius 3 is 2.62 bits per heavy atom. The fraction of sp³-hybridized carbons (Fsp3) is 0.778. The summed E-state index contributed by atoms with van der Waals surface area (Å²) >= 11 is 0. The molecule has 0 unspecified atom stereocenters. The standard InChI is InChI=1S/C27H44N4O3/c1-25-12-10-21(32)18-20(25)7-8-23-22(25)11-13-26(2)19(9-14-27(23,26)33)6-4-3-5-15-31-34-17-16-30-24(28)29/h3-6,15,19-23,32-33H,7-14,16-18H2,1-2H3,(H4,28,29,30)/b5-3+,6-4+,31-15+/t19-,20+,21-,22-,23+,25-,26+,27-/m0/s1. The molecular weight excluding hydrogens is 428 g/mol. The molecule has 0 aromatic rings. The van der Waals surface area contributed by atoms with Gasteiger partial charge in [0, 0.05) is 5.41 Å². The van der Waals surface area contributed by atoms with E-state index in [-0.39, 0.29) is 22.9 Å². The second kappa shape index (κ2) is 10.0. The summed E-state index contributed by atoms with van der Waals surface area (Å²) in [5.41, 5.74) is 10.1. The van der Waals surface area contributed by atoms with Gasteiger partial charge in [-0.3, -0.25) is 0 Å². The number of fused-ring (bicyclic) bond motifs is 5. The van der Waals surface area contributed by atoms with Crippen LogP contribution in [0.3, 0.4) is 0 Å². The van der Waals surface area contributed by atoms with Crippen LogP contribution in [0.1, 0.15) is 71.6 Å². The molecule has 7 nitrogen and oxygen atoms in total. The molecular formula is C27H44N4O3. The molecule has 0 saturated heterocycles. The predicted molar refractivity (Wildman–Crippen MR) is 136 cm³/mol. The second-order valence-corrected chi connectivity index (χ2v) is 11.6. The average molecular weight is 473 g/mol.